The van der Waals surface area contributed by atoms with Gasteiger partial charge in [0.1, 0.15) is 12.6 Å². The van der Waals surface area contributed by atoms with Crippen molar-refractivity contribution in [2.24, 2.45) is 5.50 Å². The molecule has 2 aliphatic rings. The second-order valence-corrected chi connectivity index (χ2v) is 18.1. The molecule has 0 spiro atoms. The molecule has 0 radical (unpaired) electrons. The number of ether oxygens (including phenoxy) is 1. The van der Waals surface area contributed by atoms with Crippen molar-refractivity contribution in [1.29, 1.82) is 5.26 Å². The third-order valence-electron chi connectivity index (χ3n) is 12.5. The molecule has 8 rings (SSSR count). The number of amides is 1. The number of nitrogens with two attached hydrogens (primary N) is 1. The minimum absolute atomic E-state index is 0.0938. The number of rotatable bonds is 15. The van der Waals surface area contributed by atoms with E-state index in [1.807, 2.05) is 41.0 Å². The van der Waals surface area contributed by atoms with Gasteiger partial charge in [-0.05, 0) is 69.4 Å². The number of benzene rings is 4. The van der Waals surface area contributed by atoms with Crippen LogP contribution in [0, 0.1) is 11.3 Å². The van der Waals surface area contributed by atoms with E-state index in [1.165, 1.54) is 6.33 Å². The van der Waals surface area contributed by atoms with E-state index in [0.717, 1.165) is 29.5 Å². The summed E-state index contributed by atoms with van der Waals surface area (Å²) in [6.45, 7) is 9.56. The van der Waals surface area contributed by atoms with Crippen molar-refractivity contribution >= 4 is 31.4 Å². The van der Waals surface area contributed by atoms with Crippen LogP contribution in [0.25, 0.3) is 11.2 Å². The number of nitrogens with one attached hydrogen (secondary N) is 2. The second kappa shape index (κ2) is 18.5. The number of imidazole rings is 1. The summed E-state index contributed by atoms with van der Waals surface area (Å²) in [4.78, 5) is 29.3. The Morgan fingerprint density at radius 1 is 0.903 bits per heavy atom. The Morgan fingerprint density at radius 2 is 1.50 bits per heavy atom. The Labute approximate surface area is 364 Å². The van der Waals surface area contributed by atoms with Gasteiger partial charge in [0.25, 0.3) is 14.4 Å². The van der Waals surface area contributed by atoms with Gasteiger partial charge in [-0.25, -0.2) is 15.0 Å². The molecule has 62 heavy (non-hydrogen) atoms. The van der Waals surface area contributed by atoms with Crippen LogP contribution in [0.15, 0.2) is 134 Å². The second-order valence-electron chi connectivity index (χ2n) is 17.1. The van der Waals surface area contributed by atoms with Crippen LogP contribution in [0.5, 0.6) is 0 Å². The van der Waals surface area contributed by atoms with E-state index in [9.17, 15) is 10.1 Å². The minimum Gasteiger partial charge on any atom is -0.351 e. The third kappa shape index (κ3) is 8.78. The smallest absolute Gasteiger partial charge is 0.256 e. The number of hydrogen-bond donors (Lipinski definition) is 3. The maximum Gasteiger partial charge on any atom is 0.256 e. The van der Waals surface area contributed by atoms with E-state index in [-0.39, 0.29) is 35.7 Å². The fourth-order valence-electron chi connectivity index (χ4n) is 9.39. The highest BCUT2D eigenvalue weighted by molar-refractivity contribution is 7.44. The summed E-state index contributed by atoms with van der Waals surface area (Å²) in [5, 5.41) is 16.5. The normalized spacial score (nSPS) is 21.6. The number of fused-ring (bicyclic) bond motifs is 1. The van der Waals surface area contributed by atoms with Gasteiger partial charge in [-0.3, -0.25) is 25.1 Å². The number of aromatic nitrogens is 4. The highest BCUT2D eigenvalue weighted by atomic mass is 31.2. The average Bonchev–Trinajstić information content (AvgIpc) is 3.91. The molecule has 4 heterocycles. The standard InChI is InChI=1S/C48H54N9O4P/c1-46(2)27-26-40(47(3,4)57(46)29-17-28-49)61-62(50)59-31-39-38(55-48(35-20-11-6-12-21-35,36-22-13-7-14-23-36)37-24-15-8-16-25-37)30-41(60-39)56-33-53-42-43(51-32-52-44(42)56)54-45(58)34-18-9-5-10-19-34/h5-16,18-25,32-33,38-41,55H,17,26-27,29-31,50H2,1-4H3,(H,51,52,54,58)/t38-,39+,40?,41+,62?/m0/s1. The Balaban J connectivity index is 1.12. The number of hydrogen-bond acceptors (Lipinski definition) is 11. The molecule has 13 nitrogen and oxygen atoms in total. The van der Waals surface area contributed by atoms with Crippen molar-refractivity contribution in [3.63, 3.8) is 0 Å². The van der Waals surface area contributed by atoms with E-state index in [1.54, 1.807) is 18.5 Å². The van der Waals surface area contributed by atoms with Gasteiger partial charge in [-0.2, -0.15) is 5.26 Å². The molecule has 6 aromatic rings. The van der Waals surface area contributed by atoms with Crippen LogP contribution in [0.3, 0.4) is 0 Å². The first-order chi connectivity index (χ1) is 30.0. The van der Waals surface area contributed by atoms with Gasteiger partial charge in [-0.1, -0.05) is 109 Å². The molecule has 0 bridgehead atoms. The zero-order valence-corrected chi connectivity index (χ0v) is 36.5. The number of nitriles is 1. The Hall–Kier alpha value is -5.42. The highest BCUT2D eigenvalue weighted by Crippen LogP contribution is 2.46. The van der Waals surface area contributed by atoms with Crippen LogP contribution < -0.4 is 16.1 Å². The summed E-state index contributed by atoms with van der Waals surface area (Å²) in [7, 11) is -1.82. The maximum absolute atomic E-state index is 13.2. The van der Waals surface area contributed by atoms with Crippen LogP contribution in [0.2, 0.25) is 0 Å². The van der Waals surface area contributed by atoms with Crippen LogP contribution >= 0.6 is 8.53 Å². The number of piperidine rings is 1. The number of anilines is 1. The first-order valence-corrected chi connectivity index (χ1v) is 22.4. The summed E-state index contributed by atoms with van der Waals surface area (Å²) in [6, 6.07) is 42.3. The van der Waals surface area contributed by atoms with Crippen LogP contribution in [-0.4, -0.2) is 72.8 Å². The predicted octanol–water partition coefficient (Wildman–Crippen LogP) is 8.47. The van der Waals surface area contributed by atoms with Crippen molar-refractivity contribution < 1.29 is 18.6 Å². The summed E-state index contributed by atoms with van der Waals surface area (Å²) in [6.07, 6.45) is 4.52. The average molecular weight is 852 g/mol. The molecule has 4 N–H and O–H groups in total. The SMILES string of the molecule is CC1(C)CCC(OP(N)OC[C@H]2O[C@@H](n3cnc4c(NC(=O)c5ccccc5)ncnc43)C[C@@H]2NC(c2ccccc2)(c2ccccc2)c2ccccc2)C(C)(C)N1CCC#N. The Morgan fingerprint density at radius 3 is 2.10 bits per heavy atom. The van der Waals surface area contributed by atoms with E-state index >= 15 is 0 Å². The molecule has 1 amide bonds. The first-order valence-electron chi connectivity index (χ1n) is 21.1. The lowest BCUT2D eigenvalue weighted by Gasteiger charge is -2.56. The predicted molar refractivity (Wildman–Crippen MR) is 241 cm³/mol. The number of carbonyl (C=O) groups is 1. The lowest BCUT2D eigenvalue weighted by Crippen LogP contribution is -2.65. The van der Waals surface area contributed by atoms with Crippen molar-refractivity contribution in [1.82, 2.24) is 29.7 Å². The molecule has 14 heteroatoms. The van der Waals surface area contributed by atoms with Crippen molar-refractivity contribution in [3.8, 4) is 6.07 Å². The van der Waals surface area contributed by atoms with Crippen molar-refractivity contribution in [2.75, 3.05) is 18.5 Å². The maximum atomic E-state index is 13.2. The molecular weight excluding hydrogens is 798 g/mol. The Bertz CT molecular complexity index is 2370. The van der Waals surface area contributed by atoms with Crippen LogP contribution in [-0.2, 0) is 19.3 Å². The quantitative estimate of drug-likeness (QED) is 0.0670. The molecule has 0 aliphatic carbocycles. The molecule has 0 saturated carbocycles. The zero-order chi connectivity index (χ0) is 43.3. The van der Waals surface area contributed by atoms with Gasteiger partial charge in [0.15, 0.2) is 17.0 Å². The summed E-state index contributed by atoms with van der Waals surface area (Å²) >= 11 is 0. The molecule has 4 aromatic carbocycles. The van der Waals surface area contributed by atoms with Gasteiger partial charge >= 0.3 is 0 Å². The first kappa shape index (κ1) is 43.2. The minimum atomic E-state index is -1.82. The molecule has 2 aromatic heterocycles. The fourth-order valence-corrected chi connectivity index (χ4v) is 10.4. The summed E-state index contributed by atoms with van der Waals surface area (Å²) in [5.74, 6) is 0.00562. The summed E-state index contributed by atoms with van der Waals surface area (Å²) < 4.78 is 22.0. The van der Waals surface area contributed by atoms with E-state index < -0.39 is 26.4 Å². The molecule has 2 aliphatic heterocycles. The topological polar surface area (TPSA) is 165 Å². The summed E-state index contributed by atoms with van der Waals surface area (Å²) in [5.41, 5.74) is 10.1. The van der Waals surface area contributed by atoms with Crippen molar-refractivity contribution in [2.45, 2.75) is 94.5 Å². The molecule has 2 unspecified atom stereocenters. The lowest BCUT2D eigenvalue weighted by molar-refractivity contribution is -0.0950. The van der Waals surface area contributed by atoms with Gasteiger partial charge in [0.2, 0.25) is 0 Å². The molecule has 2 saturated heterocycles. The number of carbonyl (C=O) groups excluding carboxylic acids is 1. The van der Waals surface area contributed by atoms with Crippen molar-refractivity contribution in [3.05, 3.63) is 156 Å². The van der Waals surface area contributed by atoms with Gasteiger partial charge in [-0.15, -0.1) is 0 Å². The fraction of sp³-hybridized carbons (Fsp3) is 0.354. The Kier molecular flexibility index (Phi) is 12.9. The van der Waals surface area contributed by atoms with E-state index in [2.05, 4.69) is 132 Å². The lowest BCUT2D eigenvalue weighted by atomic mass is 9.76. The van der Waals surface area contributed by atoms with Gasteiger partial charge in [0.05, 0.1) is 36.8 Å². The molecule has 5 atom stereocenters. The van der Waals surface area contributed by atoms with E-state index in [0.29, 0.717) is 41.9 Å². The van der Waals surface area contributed by atoms with Crippen LogP contribution in [0.4, 0.5) is 5.82 Å². The molecule has 2 fully saturated rings. The zero-order valence-electron chi connectivity index (χ0n) is 35.6. The van der Waals surface area contributed by atoms with Gasteiger partial charge in [0, 0.05) is 42.1 Å². The molecular formula is C48H54N9O4P. The third-order valence-corrected chi connectivity index (χ3v) is 13.3. The number of likely N-dealkylation sites (tertiary alicyclic amines) is 1. The number of nitrogens with zero attached hydrogens (tertiary/aromatic N) is 6. The largest absolute Gasteiger partial charge is 0.351 e. The highest BCUT2D eigenvalue weighted by Gasteiger charge is 2.49. The monoisotopic (exact) mass is 851 g/mol. The van der Waals surface area contributed by atoms with Crippen LogP contribution in [0.1, 0.15) is 86.7 Å². The molecule has 320 valence electrons. The van der Waals surface area contributed by atoms with Gasteiger partial charge < -0.3 is 19.1 Å². The van der Waals surface area contributed by atoms with E-state index in [4.69, 9.17) is 24.3 Å².